The average Bonchev–Trinajstić information content (AvgIpc) is 2.29. The van der Waals surface area contributed by atoms with Crippen molar-refractivity contribution in [2.24, 2.45) is 5.92 Å². The minimum Gasteiger partial charge on any atom is -0.508 e. The Kier molecular flexibility index (Phi) is 3.40. The van der Waals surface area contributed by atoms with Gasteiger partial charge in [0.25, 0.3) is 0 Å². The molecule has 1 aromatic rings. The Morgan fingerprint density at radius 2 is 2.18 bits per heavy atom. The number of hydrogen-bond donors (Lipinski definition) is 2. The molecule has 1 fully saturated rings. The van der Waals surface area contributed by atoms with Crippen molar-refractivity contribution in [2.45, 2.75) is 25.4 Å². The number of piperidine rings is 1. The van der Waals surface area contributed by atoms with Gasteiger partial charge >= 0.3 is 0 Å². The molecule has 0 aliphatic carbocycles. The number of aliphatic hydroxyl groups is 1. The lowest BCUT2D eigenvalue weighted by Crippen LogP contribution is -2.43. The first-order valence-corrected chi connectivity index (χ1v) is 6.20. The lowest BCUT2D eigenvalue weighted by atomic mass is 9.78. The normalized spacial score (nSPS) is 25.5. The summed E-state index contributed by atoms with van der Waals surface area (Å²) in [5.41, 5.74) is -0.0641. The summed E-state index contributed by atoms with van der Waals surface area (Å²) in [6.07, 6.45) is 2.16. The molecule has 1 heterocycles. The highest BCUT2D eigenvalue weighted by atomic mass is 16.3. The molecule has 1 aliphatic rings. The van der Waals surface area contributed by atoms with Crippen LogP contribution in [0.15, 0.2) is 24.3 Å². The van der Waals surface area contributed by atoms with E-state index < -0.39 is 5.60 Å². The van der Waals surface area contributed by atoms with Gasteiger partial charge in [0.05, 0.1) is 5.60 Å². The maximum absolute atomic E-state index is 10.7. The number of aromatic hydroxyl groups is 1. The molecule has 0 aromatic heterocycles. The minimum atomic E-state index is -0.868. The minimum absolute atomic E-state index is 0.215. The van der Waals surface area contributed by atoms with Gasteiger partial charge in [0.1, 0.15) is 5.75 Å². The van der Waals surface area contributed by atoms with E-state index >= 15 is 0 Å². The van der Waals surface area contributed by atoms with E-state index in [0.29, 0.717) is 0 Å². The van der Waals surface area contributed by atoms with Gasteiger partial charge < -0.3 is 15.1 Å². The number of likely N-dealkylation sites (tertiary alicyclic amines) is 1. The molecule has 94 valence electrons. The second-order valence-corrected chi connectivity index (χ2v) is 5.30. The maximum atomic E-state index is 10.7. The molecule has 0 radical (unpaired) electrons. The van der Waals surface area contributed by atoms with Gasteiger partial charge in [-0.1, -0.05) is 12.1 Å². The zero-order valence-corrected chi connectivity index (χ0v) is 10.6. The van der Waals surface area contributed by atoms with Crippen molar-refractivity contribution in [3.05, 3.63) is 29.8 Å². The van der Waals surface area contributed by atoms with E-state index in [1.165, 1.54) is 0 Å². The van der Waals surface area contributed by atoms with Crippen LogP contribution in [0, 0.1) is 5.92 Å². The molecule has 2 atom stereocenters. The van der Waals surface area contributed by atoms with E-state index in [0.717, 1.165) is 31.5 Å². The van der Waals surface area contributed by atoms with Crippen LogP contribution in [0.5, 0.6) is 5.75 Å². The summed E-state index contributed by atoms with van der Waals surface area (Å²) in [6, 6.07) is 6.96. The largest absolute Gasteiger partial charge is 0.508 e. The van der Waals surface area contributed by atoms with E-state index in [2.05, 4.69) is 11.9 Å². The molecule has 1 aromatic carbocycles. The Morgan fingerprint density at radius 1 is 1.41 bits per heavy atom. The Labute approximate surface area is 103 Å². The molecule has 1 aliphatic heterocycles. The fourth-order valence-corrected chi connectivity index (χ4v) is 2.68. The SMILES string of the molecule is CN1CCCC(C(C)(O)c2cccc(O)c2)C1. The summed E-state index contributed by atoms with van der Waals surface area (Å²) < 4.78 is 0. The Hall–Kier alpha value is -1.06. The molecule has 0 amide bonds. The van der Waals surface area contributed by atoms with Crippen molar-refractivity contribution in [1.29, 1.82) is 0 Å². The molecule has 1 saturated heterocycles. The topological polar surface area (TPSA) is 43.7 Å². The number of rotatable bonds is 2. The predicted octanol–water partition coefficient (Wildman–Crippen LogP) is 1.94. The van der Waals surface area contributed by atoms with Crippen molar-refractivity contribution in [3.8, 4) is 5.75 Å². The second-order valence-electron chi connectivity index (χ2n) is 5.30. The van der Waals surface area contributed by atoms with Crippen LogP contribution < -0.4 is 0 Å². The number of hydrogen-bond acceptors (Lipinski definition) is 3. The molecule has 2 rings (SSSR count). The van der Waals surface area contributed by atoms with Gasteiger partial charge in [0.2, 0.25) is 0 Å². The summed E-state index contributed by atoms with van der Waals surface area (Å²) in [5.74, 6) is 0.440. The summed E-state index contributed by atoms with van der Waals surface area (Å²) >= 11 is 0. The van der Waals surface area contributed by atoms with E-state index in [4.69, 9.17) is 0 Å². The highest BCUT2D eigenvalue weighted by Gasteiger charge is 2.35. The first-order chi connectivity index (χ1) is 8.00. The van der Waals surface area contributed by atoms with Gasteiger partial charge in [-0.15, -0.1) is 0 Å². The monoisotopic (exact) mass is 235 g/mol. The standard InChI is InChI=1S/C14H21NO2/c1-14(17,11-5-3-7-13(16)9-11)12-6-4-8-15(2)10-12/h3,5,7,9,12,16-17H,4,6,8,10H2,1-2H3. The fourth-order valence-electron chi connectivity index (χ4n) is 2.68. The van der Waals surface area contributed by atoms with E-state index in [-0.39, 0.29) is 11.7 Å². The molecule has 0 saturated carbocycles. The van der Waals surface area contributed by atoms with E-state index in [1.807, 2.05) is 13.0 Å². The Balaban J connectivity index is 2.22. The Morgan fingerprint density at radius 3 is 2.82 bits per heavy atom. The van der Waals surface area contributed by atoms with Crippen LogP contribution in [0.3, 0.4) is 0 Å². The Bertz CT molecular complexity index is 390. The summed E-state index contributed by atoms with van der Waals surface area (Å²) in [4.78, 5) is 2.26. The second kappa shape index (κ2) is 4.67. The van der Waals surface area contributed by atoms with Crippen molar-refractivity contribution < 1.29 is 10.2 Å². The predicted molar refractivity (Wildman–Crippen MR) is 67.9 cm³/mol. The smallest absolute Gasteiger partial charge is 0.115 e. The number of phenols is 1. The zero-order valence-electron chi connectivity index (χ0n) is 10.6. The summed E-state index contributed by atoms with van der Waals surface area (Å²) in [6.45, 7) is 3.86. The molecule has 0 spiro atoms. The average molecular weight is 235 g/mol. The first-order valence-electron chi connectivity index (χ1n) is 6.20. The van der Waals surface area contributed by atoms with Crippen LogP contribution in [-0.4, -0.2) is 35.3 Å². The summed E-state index contributed by atoms with van der Waals surface area (Å²) in [7, 11) is 2.09. The lowest BCUT2D eigenvalue weighted by molar-refractivity contribution is -0.0341. The van der Waals surface area contributed by atoms with E-state index in [1.54, 1.807) is 18.2 Å². The number of nitrogens with zero attached hydrogens (tertiary/aromatic N) is 1. The van der Waals surface area contributed by atoms with Gasteiger partial charge in [-0.25, -0.2) is 0 Å². The van der Waals surface area contributed by atoms with Crippen LogP contribution in [0.2, 0.25) is 0 Å². The van der Waals surface area contributed by atoms with Gasteiger partial charge in [0.15, 0.2) is 0 Å². The van der Waals surface area contributed by atoms with Gasteiger partial charge in [0, 0.05) is 12.5 Å². The van der Waals surface area contributed by atoms with Crippen molar-refractivity contribution in [1.82, 2.24) is 4.90 Å². The zero-order chi connectivity index (χ0) is 12.5. The van der Waals surface area contributed by atoms with Crippen LogP contribution in [-0.2, 0) is 5.60 Å². The highest BCUT2D eigenvalue weighted by molar-refractivity contribution is 5.31. The molecule has 0 bridgehead atoms. The molecular formula is C14H21NO2. The van der Waals surface area contributed by atoms with Gasteiger partial charge in [-0.05, 0) is 51.1 Å². The van der Waals surface area contributed by atoms with Crippen molar-refractivity contribution in [2.75, 3.05) is 20.1 Å². The van der Waals surface area contributed by atoms with Gasteiger partial charge in [-0.2, -0.15) is 0 Å². The molecule has 2 unspecified atom stereocenters. The quantitative estimate of drug-likeness (QED) is 0.823. The molecule has 2 N–H and O–H groups in total. The molecular weight excluding hydrogens is 214 g/mol. The number of phenolic OH excluding ortho intramolecular Hbond substituents is 1. The van der Waals surface area contributed by atoms with Crippen LogP contribution in [0.25, 0.3) is 0 Å². The van der Waals surface area contributed by atoms with Crippen molar-refractivity contribution in [3.63, 3.8) is 0 Å². The van der Waals surface area contributed by atoms with Crippen LogP contribution in [0.1, 0.15) is 25.3 Å². The van der Waals surface area contributed by atoms with Gasteiger partial charge in [-0.3, -0.25) is 0 Å². The third-order valence-electron chi connectivity index (χ3n) is 3.85. The summed E-state index contributed by atoms with van der Waals surface area (Å²) in [5, 5.41) is 20.2. The van der Waals surface area contributed by atoms with E-state index in [9.17, 15) is 10.2 Å². The maximum Gasteiger partial charge on any atom is 0.115 e. The third kappa shape index (κ3) is 2.61. The van der Waals surface area contributed by atoms with Crippen LogP contribution in [0.4, 0.5) is 0 Å². The molecule has 3 nitrogen and oxygen atoms in total. The third-order valence-corrected chi connectivity index (χ3v) is 3.85. The first kappa shape index (κ1) is 12.4. The lowest BCUT2D eigenvalue weighted by Gasteiger charge is -2.39. The van der Waals surface area contributed by atoms with Crippen molar-refractivity contribution >= 4 is 0 Å². The fraction of sp³-hybridized carbons (Fsp3) is 0.571. The van der Waals surface area contributed by atoms with Crippen LogP contribution >= 0.6 is 0 Å². The molecule has 3 heteroatoms. The molecule has 17 heavy (non-hydrogen) atoms. The highest BCUT2D eigenvalue weighted by Crippen LogP contribution is 2.35. The number of benzene rings is 1.